The molecule has 92 valence electrons. The summed E-state index contributed by atoms with van der Waals surface area (Å²) in [6, 6.07) is 7.68. The molecule has 1 aromatic carbocycles. The number of amides is 1. The molecule has 0 fully saturated rings. The number of para-hydroxylation sites is 1. The Morgan fingerprint density at radius 2 is 2.29 bits per heavy atom. The van der Waals surface area contributed by atoms with Crippen LogP contribution >= 0.6 is 0 Å². The van der Waals surface area contributed by atoms with Crippen molar-refractivity contribution in [1.29, 1.82) is 0 Å². The minimum Gasteiger partial charge on any atom is -0.480 e. The third kappa shape index (κ3) is 2.97. The van der Waals surface area contributed by atoms with Crippen LogP contribution in [0.3, 0.4) is 0 Å². The quantitative estimate of drug-likeness (QED) is 0.808. The van der Waals surface area contributed by atoms with Crippen molar-refractivity contribution in [2.24, 2.45) is 5.92 Å². The number of ether oxygens (including phenoxy) is 1. The Morgan fingerprint density at radius 3 is 3.00 bits per heavy atom. The summed E-state index contributed by atoms with van der Waals surface area (Å²) in [6.07, 6.45) is 0.132. The molecule has 1 N–H and O–H groups in total. The van der Waals surface area contributed by atoms with Gasteiger partial charge in [-0.15, -0.1) is 0 Å². The van der Waals surface area contributed by atoms with Gasteiger partial charge in [0.15, 0.2) is 6.10 Å². The summed E-state index contributed by atoms with van der Waals surface area (Å²) in [5.41, 5.74) is 3.49. The molecule has 2 rings (SSSR count). The third-order valence-electron chi connectivity index (χ3n) is 2.53. The van der Waals surface area contributed by atoms with E-state index in [4.69, 9.17) is 9.57 Å². The first-order valence-electron chi connectivity index (χ1n) is 5.83. The number of fused-ring (bicyclic) bond motifs is 1. The second-order valence-corrected chi connectivity index (χ2v) is 4.59. The highest BCUT2D eigenvalue weighted by Gasteiger charge is 2.28. The summed E-state index contributed by atoms with van der Waals surface area (Å²) in [7, 11) is 0. The molecule has 4 nitrogen and oxygen atoms in total. The normalized spacial score (nSPS) is 17.7. The smallest absolute Gasteiger partial charge is 0.284 e. The molecule has 0 saturated heterocycles. The maximum Gasteiger partial charge on any atom is 0.284 e. The van der Waals surface area contributed by atoms with Crippen molar-refractivity contribution in [3.05, 3.63) is 29.8 Å². The average Bonchev–Trinajstić information content (AvgIpc) is 2.71. The number of hydrogen-bond donors (Lipinski definition) is 1. The molecule has 17 heavy (non-hydrogen) atoms. The highest BCUT2D eigenvalue weighted by Crippen LogP contribution is 2.27. The van der Waals surface area contributed by atoms with E-state index in [1.807, 2.05) is 38.1 Å². The van der Waals surface area contributed by atoms with Crippen LogP contribution in [0.15, 0.2) is 24.3 Å². The molecule has 4 heteroatoms. The maximum absolute atomic E-state index is 11.7. The van der Waals surface area contributed by atoms with Gasteiger partial charge in [-0.05, 0) is 17.5 Å². The van der Waals surface area contributed by atoms with Crippen molar-refractivity contribution >= 4 is 5.91 Å². The van der Waals surface area contributed by atoms with Crippen LogP contribution < -0.4 is 10.2 Å². The molecule has 0 saturated carbocycles. The molecule has 0 aromatic heterocycles. The van der Waals surface area contributed by atoms with E-state index < -0.39 is 6.10 Å². The van der Waals surface area contributed by atoms with Gasteiger partial charge in [0.25, 0.3) is 5.91 Å². The monoisotopic (exact) mass is 235 g/mol. The number of hydroxylamine groups is 1. The van der Waals surface area contributed by atoms with Crippen molar-refractivity contribution in [1.82, 2.24) is 5.48 Å². The molecule has 1 atom stereocenters. The molecule has 1 unspecified atom stereocenters. The van der Waals surface area contributed by atoms with Crippen LogP contribution in [-0.4, -0.2) is 18.6 Å². The molecule has 1 amide bonds. The largest absolute Gasteiger partial charge is 0.480 e. The topological polar surface area (TPSA) is 47.6 Å². The van der Waals surface area contributed by atoms with Gasteiger partial charge in [0.2, 0.25) is 0 Å². The molecule has 1 aliphatic heterocycles. The average molecular weight is 235 g/mol. The minimum atomic E-state index is -0.473. The zero-order valence-corrected chi connectivity index (χ0v) is 10.1. The fourth-order valence-corrected chi connectivity index (χ4v) is 1.67. The lowest BCUT2D eigenvalue weighted by atomic mass is 10.1. The molecule has 0 radical (unpaired) electrons. The minimum absolute atomic E-state index is 0.221. The van der Waals surface area contributed by atoms with Gasteiger partial charge in [-0.3, -0.25) is 9.63 Å². The fraction of sp³-hybridized carbons (Fsp3) is 0.462. The first-order valence-corrected chi connectivity index (χ1v) is 5.83. The number of carbonyl (C=O) groups is 1. The van der Waals surface area contributed by atoms with Gasteiger partial charge in [-0.2, -0.15) is 0 Å². The van der Waals surface area contributed by atoms with Gasteiger partial charge in [0, 0.05) is 6.42 Å². The Balaban J connectivity index is 1.84. The summed E-state index contributed by atoms with van der Waals surface area (Å²) in [5, 5.41) is 0. The van der Waals surface area contributed by atoms with Crippen molar-refractivity contribution in [3.63, 3.8) is 0 Å². The predicted molar refractivity (Wildman–Crippen MR) is 63.5 cm³/mol. The van der Waals surface area contributed by atoms with Gasteiger partial charge >= 0.3 is 0 Å². The van der Waals surface area contributed by atoms with Crippen LogP contribution in [0.5, 0.6) is 5.75 Å². The first-order chi connectivity index (χ1) is 8.16. The molecular formula is C13H17NO3. The molecular weight excluding hydrogens is 218 g/mol. The summed E-state index contributed by atoms with van der Waals surface area (Å²) in [5.74, 6) is 0.954. The Hall–Kier alpha value is -1.55. The number of nitrogens with one attached hydrogen (secondary N) is 1. The summed E-state index contributed by atoms with van der Waals surface area (Å²) in [4.78, 5) is 16.8. The van der Waals surface area contributed by atoms with Crippen molar-refractivity contribution in [2.45, 2.75) is 26.4 Å². The highest BCUT2D eigenvalue weighted by molar-refractivity contribution is 5.81. The van der Waals surface area contributed by atoms with E-state index in [0.717, 1.165) is 11.3 Å². The standard InChI is InChI=1S/C13H17NO3/c1-9(2)8-16-14-13(15)12-7-10-5-3-4-6-11(10)17-12/h3-6,9,12H,7-8H2,1-2H3,(H,14,15). The highest BCUT2D eigenvalue weighted by atomic mass is 16.7. The lowest BCUT2D eigenvalue weighted by molar-refractivity contribution is -0.140. The number of carbonyl (C=O) groups excluding carboxylic acids is 1. The van der Waals surface area contributed by atoms with Crippen LogP contribution in [0.4, 0.5) is 0 Å². The van der Waals surface area contributed by atoms with Gasteiger partial charge in [0.1, 0.15) is 5.75 Å². The molecule has 0 aliphatic carbocycles. The van der Waals surface area contributed by atoms with E-state index in [-0.39, 0.29) is 5.91 Å². The van der Waals surface area contributed by atoms with E-state index in [1.54, 1.807) is 0 Å². The summed E-state index contributed by atoms with van der Waals surface area (Å²) >= 11 is 0. The van der Waals surface area contributed by atoms with Crippen molar-refractivity contribution in [2.75, 3.05) is 6.61 Å². The molecule has 1 aliphatic rings. The summed E-state index contributed by atoms with van der Waals surface area (Å²) < 4.78 is 5.53. The van der Waals surface area contributed by atoms with Crippen LogP contribution in [0, 0.1) is 5.92 Å². The van der Waals surface area contributed by atoms with Gasteiger partial charge in [-0.25, -0.2) is 5.48 Å². The van der Waals surface area contributed by atoms with Crippen molar-refractivity contribution < 1.29 is 14.4 Å². The zero-order chi connectivity index (χ0) is 12.3. The Labute approximate surface area is 101 Å². The third-order valence-corrected chi connectivity index (χ3v) is 2.53. The van der Waals surface area contributed by atoms with E-state index in [2.05, 4.69) is 5.48 Å². The van der Waals surface area contributed by atoms with E-state index in [9.17, 15) is 4.79 Å². The van der Waals surface area contributed by atoms with Crippen LogP contribution in [-0.2, 0) is 16.1 Å². The SMILES string of the molecule is CC(C)CONC(=O)C1Cc2ccccc2O1. The Morgan fingerprint density at radius 1 is 1.53 bits per heavy atom. The second-order valence-electron chi connectivity index (χ2n) is 4.59. The molecule has 1 heterocycles. The van der Waals surface area contributed by atoms with E-state index in [0.29, 0.717) is 18.9 Å². The Bertz CT molecular complexity index is 378. The van der Waals surface area contributed by atoms with Gasteiger partial charge in [0.05, 0.1) is 6.61 Å². The second kappa shape index (κ2) is 5.19. The van der Waals surface area contributed by atoms with E-state index in [1.165, 1.54) is 0 Å². The number of hydrogen-bond acceptors (Lipinski definition) is 3. The van der Waals surface area contributed by atoms with Crippen molar-refractivity contribution in [3.8, 4) is 5.75 Å². The predicted octanol–water partition coefficient (Wildman–Crippen LogP) is 1.69. The lowest BCUT2D eigenvalue weighted by Crippen LogP contribution is -2.38. The van der Waals surface area contributed by atoms with Crippen LogP contribution in [0.1, 0.15) is 19.4 Å². The lowest BCUT2D eigenvalue weighted by Gasteiger charge is -2.12. The van der Waals surface area contributed by atoms with Gasteiger partial charge in [-0.1, -0.05) is 32.0 Å². The zero-order valence-electron chi connectivity index (χ0n) is 10.1. The van der Waals surface area contributed by atoms with E-state index >= 15 is 0 Å². The van der Waals surface area contributed by atoms with Crippen LogP contribution in [0.25, 0.3) is 0 Å². The Kier molecular flexibility index (Phi) is 3.64. The summed E-state index contributed by atoms with van der Waals surface area (Å²) in [6.45, 7) is 4.55. The number of benzene rings is 1. The first kappa shape index (κ1) is 11.9. The van der Waals surface area contributed by atoms with Gasteiger partial charge < -0.3 is 4.74 Å². The maximum atomic E-state index is 11.7. The fourth-order valence-electron chi connectivity index (χ4n) is 1.67. The van der Waals surface area contributed by atoms with Crippen LogP contribution in [0.2, 0.25) is 0 Å². The molecule has 0 spiro atoms. The molecule has 1 aromatic rings. The number of rotatable bonds is 4. The molecule has 0 bridgehead atoms.